The minimum Gasteiger partial charge on any atom is -0.338 e. The van der Waals surface area contributed by atoms with Crippen molar-refractivity contribution in [3.63, 3.8) is 0 Å². The van der Waals surface area contributed by atoms with Crippen LogP contribution in [0, 0.1) is 17.2 Å². The highest BCUT2D eigenvalue weighted by molar-refractivity contribution is 7.92. The summed E-state index contributed by atoms with van der Waals surface area (Å²) < 4.78 is 53.7. The van der Waals surface area contributed by atoms with Gasteiger partial charge in [0.15, 0.2) is 15.7 Å². The van der Waals surface area contributed by atoms with Gasteiger partial charge < -0.3 is 10.3 Å². The lowest BCUT2D eigenvalue weighted by atomic mass is 10.1. The van der Waals surface area contributed by atoms with Gasteiger partial charge in [0.2, 0.25) is 0 Å². The van der Waals surface area contributed by atoms with Crippen molar-refractivity contribution in [1.82, 2.24) is 14.8 Å². The number of aromatic nitrogens is 3. The number of sulfone groups is 1. The first-order chi connectivity index (χ1) is 15.3. The summed E-state index contributed by atoms with van der Waals surface area (Å²) in [5, 5.41) is 16.9. The molecule has 0 aliphatic heterocycles. The standard InChI is InChI=1S/C22H23F2N5O3S/c1-21(2,3)33(31,32)15-6-4-14(5-7-15)27-19-18-16(8-9-26-20(18)30)29(28-19)17-11-22(23,24)10-13(17)12-25/h4-9,13,17H,10-11H2,1-3H3,(H,26,30)(H,27,28). The number of anilines is 2. The van der Waals surface area contributed by atoms with E-state index in [4.69, 9.17) is 0 Å². The summed E-state index contributed by atoms with van der Waals surface area (Å²) in [6, 6.07) is 8.60. The van der Waals surface area contributed by atoms with Gasteiger partial charge in [0.25, 0.3) is 11.5 Å². The number of fused-ring (bicyclic) bond motifs is 1. The molecule has 8 nitrogen and oxygen atoms in total. The number of hydrogen-bond donors (Lipinski definition) is 2. The number of nitrogens with one attached hydrogen (secondary N) is 2. The summed E-state index contributed by atoms with van der Waals surface area (Å²) in [7, 11) is -3.54. The highest BCUT2D eigenvalue weighted by Crippen LogP contribution is 2.46. The van der Waals surface area contributed by atoms with E-state index in [-0.39, 0.29) is 16.1 Å². The SMILES string of the molecule is CC(C)(C)S(=O)(=O)c1ccc(Nc2nn(C3CC(F)(F)CC3C#N)c3cc[nH]c(=O)c23)cc1. The number of rotatable bonds is 4. The normalized spacial score (nSPS) is 20.6. The molecule has 2 atom stereocenters. The molecule has 174 valence electrons. The Kier molecular flexibility index (Phi) is 5.32. The van der Waals surface area contributed by atoms with Gasteiger partial charge in [0.1, 0.15) is 5.39 Å². The van der Waals surface area contributed by atoms with Crippen LogP contribution < -0.4 is 10.9 Å². The summed E-state index contributed by atoms with van der Waals surface area (Å²) >= 11 is 0. The van der Waals surface area contributed by atoms with Crippen molar-refractivity contribution in [1.29, 1.82) is 5.26 Å². The average Bonchev–Trinajstić information content (AvgIpc) is 3.25. The first-order valence-electron chi connectivity index (χ1n) is 10.3. The van der Waals surface area contributed by atoms with Crippen molar-refractivity contribution in [3.8, 4) is 6.07 Å². The number of H-pyrrole nitrogens is 1. The molecular weight excluding hydrogens is 452 g/mol. The van der Waals surface area contributed by atoms with Gasteiger partial charge in [0.05, 0.1) is 33.2 Å². The second-order valence-corrected chi connectivity index (χ2v) is 11.9. The van der Waals surface area contributed by atoms with E-state index in [1.165, 1.54) is 23.0 Å². The Morgan fingerprint density at radius 1 is 1.21 bits per heavy atom. The van der Waals surface area contributed by atoms with Crippen LogP contribution in [0.5, 0.6) is 0 Å². The predicted molar refractivity (Wildman–Crippen MR) is 119 cm³/mol. The molecule has 0 radical (unpaired) electrons. The third kappa shape index (κ3) is 3.99. The first kappa shape index (κ1) is 22.9. The molecule has 2 unspecified atom stereocenters. The molecule has 0 bridgehead atoms. The number of aromatic amines is 1. The van der Waals surface area contributed by atoms with Gasteiger partial charge in [-0.05, 0) is 51.1 Å². The maximum absolute atomic E-state index is 14.0. The molecule has 0 amide bonds. The Hall–Kier alpha value is -3.26. The van der Waals surface area contributed by atoms with Crippen LogP contribution in [0.1, 0.15) is 39.7 Å². The van der Waals surface area contributed by atoms with E-state index in [0.717, 1.165) is 0 Å². The Balaban J connectivity index is 1.74. The smallest absolute Gasteiger partial charge is 0.261 e. The fourth-order valence-corrected chi connectivity index (χ4v) is 5.23. The van der Waals surface area contributed by atoms with Crippen molar-refractivity contribution < 1.29 is 17.2 Å². The number of nitriles is 1. The van der Waals surface area contributed by atoms with Crippen LogP contribution in [-0.4, -0.2) is 33.9 Å². The van der Waals surface area contributed by atoms with E-state index in [9.17, 15) is 27.3 Å². The monoisotopic (exact) mass is 475 g/mol. The number of benzene rings is 1. The van der Waals surface area contributed by atoms with Crippen molar-refractivity contribution >= 4 is 32.2 Å². The number of alkyl halides is 2. The van der Waals surface area contributed by atoms with Crippen LogP contribution in [0.25, 0.3) is 10.9 Å². The average molecular weight is 476 g/mol. The maximum Gasteiger partial charge on any atom is 0.261 e. The fraction of sp³-hybridized carbons (Fsp3) is 0.409. The van der Waals surface area contributed by atoms with Crippen LogP contribution in [0.3, 0.4) is 0 Å². The molecule has 3 aromatic rings. The Labute approximate surface area is 189 Å². The highest BCUT2D eigenvalue weighted by atomic mass is 32.2. The number of hydrogen-bond acceptors (Lipinski definition) is 6. The predicted octanol–water partition coefficient (Wildman–Crippen LogP) is 4.15. The van der Waals surface area contributed by atoms with Gasteiger partial charge in [-0.1, -0.05) is 0 Å². The van der Waals surface area contributed by atoms with Crippen LogP contribution in [0.4, 0.5) is 20.3 Å². The van der Waals surface area contributed by atoms with E-state index < -0.39 is 50.9 Å². The molecule has 1 aromatic carbocycles. The summed E-state index contributed by atoms with van der Waals surface area (Å²) in [6.45, 7) is 4.84. The number of pyridine rings is 1. The second-order valence-electron chi connectivity index (χ2n) is 9.19. The Bertz CT molecular complexity index is 1410. The van der Waals surface area contributed by atoms with Crippen molar-refractivity contribution in [2.75, 3.05) is 5.32 Å². The van der Waals surface area contributed by atoms with E-state index in [0.29, 0.717) is 11.2 Å². The van der Waals surface area contributed by atoms with Crippen LogP contribution in [0.2, 0.25) is 0 Å². The van der Waals surface area contributed by atoms with Gasteiger partial charge in [-0.3, -0.25) is 9.48 Å². The zero-order valence-corrected chi connectivity index (χ0v) is 19.1. The van der Waals surface area contributed by atoms with Gasteiger partial charge in [0, 0.05) is 24.7 Å². The van der Waals surface area contributed by atoms with Crippen molar-refractivity contribution in [2.24, 2.45) is 5.92 Å². The zero-order chi connectivity index (χ0) is 24.2. The number of halogens is 2. The van der Waals surface area contributed by atoms with E-state index >= 15 is 0 Å². The quantitative estimate of drug-likeness (QED) is 0.585. The molecule has 2 N–H and O–H groups in total. The summed E-state index contributed by atoms with van der Waals surface area (Å²) in [4.78, 5) is 15.3. The highest BCUT2D eigenvalue weighted by Gasteiger charge is 2.48. The van der Waals surface area contributed by atoms with Gasteiger partial charge in [-0.2, -0.15) is 10.4 Å². The van der Waals surface area contributed by atoms with Gasteiger partial charge in [-0.15, -0.1) is 0 Å². The lowest BCUT2D eigenvalue weighted by molar-refractivity contribution is 0.00392. The zero-order valence-electron chi connectivity index (χ0n) is 18.3. The van der Waals surface area contributed by atoms with E-state index in [1.54, 1.807) is 39.0 Å². The summed E-state index contributed by atoms with van der Waals surface area (Å²) in [5.41, 5.74) is 0.328. The molecule has 0 spiro atoms. The molecule has 2 heterocycles. The van der Waals surface area contributed by atoms with Crippen LogP contribution in [0.15, 0.2) is 46.2 Å². The summed E-state index contributed by atoms with van der Waals surface area (Å²) in [5.74, 6) is -3.81. The fourth-order valence-electron chi connectivity index (χ4n) is 4.03. The second kappa shape index (κ2) is 7.66. The minimum absolute atomic E-state index is 0.130. The van der Waals surface area contributed by atoms with E-state index in [2.05, 4.69) is 15.4 Å². The van der Waals surface area contributed by atoms with Gasteiger partial charge in [-0.25, -0.2) is 17.2 Å². The molecule has 4 rings (SSSR count). The largest absolute Gasteiger partial charge is 0.338 e. The van der Waals surface area contributed by atoms with Crippen molar-refractivity contribution in [2.45, 2.75) is 55.2 Å². The van der Waals surface area contributed by atoms with Gasteiger partial charge >= 0.3 is 0 Å². The molecular formula is C22H23F2N5O3S. The van der Waals surface area contributed by atoms with Crippen LogP contribution >= 0.6 is 0 Å². The molecule has 1 aliphatic carbocycles. The molecule has 11 heteroatoms. The number of nitrogens with zero attached hydrogens (tertiary/aromatic N) is 3. The van der Waals surface area contributed by atoms with E-state index in [1.807, 2.05) is 6.07 Å². The Morgan fingerprint density at radius 3 is 2.48 bits per heavy atom. The third-order valence-corrected chi connectivity index (χ3v) is 8.34. The topological polar surface area (TPSA) is 121 Å². The molecule has 33 heavy (non-hydrogen) atoms. The lowest BCUT2D eigenvalue weighted by Gasteiger charge is -2.19. The molecule has 0 saturated heterocycles. The minimum atomic E-state index is -3.54. The molecule has 2 aromatic heterocycles. The molecule has 1 saturated carbocycles. The first-order valence-corrected chi connectivity index (χ1v) is 11.8. The Morgan fingerprint density at radius 2 is 1.88 bits per heavy atom. The molecule has 1 fully saturated rings. The van der Waals surface area contributed by atoms with Crippen molar-refractivity contribution in [3.05, 3.63) is 46.9 Å². The lowest BCUT2D eigenvalue weighted by Crippen LogP contribution is -2.27. The maximum atomic E-state index is 14.0. The summed E-state index contributed by atoms with van der Waals surface area (Å²) in [6.07, 6.45) is 0.284. The van der Waals surface area contributed by atoms with Crippen LogP contribution in [-0.2, 0) is 9.84 Å². The third-order valence-electron chi connectivity index (χ3n) is 5.83. The molecule has 1 aliphatic rings.